The Morgan fingerprint density at radius 2 is 0.825 bits per heavy atom. The van der Waals surface area contributed by atoms with E-state index in [0.29, 0.717) is 0 Å². The van der Waals surface area contributed by atoms with Crippen LogP contribution >= 0.6 is 0 Å². The third kappa shape index (κ3) is 6.44. The molecule has 4 aromatic rings. The lowest BCUT2D eigenvalue weighted by Gasteiger charge is -2.02. The van der Waals surface area contributed by atoms with Gasteiger partial charge >= 0.3 is 0 Å². The summed E-state index contributed by atoms with van der Waals surface area (Å²) in [5, 5.41) is 16.8. The van der Waals surface area contributed by atoms with E-state index >= 15 is 0 Å². The maximum absolute atomic E-state index is 13.3. The minimum atomic E-state index is 0.0650. The van der Waals surface area contributed by atoms with Gasteiger partial charge in [-0.3, -0.25) is 4.79 Å². The highest BCUT2D eigenvalue weighted by Crippen LogP contribution is 2.38. The first kappa shape index (κ1) is 26.8. The van der Waals surface area contributed by atoms with Crippen molar-refractivity contribution < 1.29 is 4.79 Å². The van der Waals surface area contributed by atoms with Crippen LogP contribution in [0.3, 0.4) is 0 Å². The van der Waals surface area contributed by atoms with E-state index in [1.165, 1.54) is 0 Å². The molecule has 0 bridgehead atoms. The molecule has 40 heavy (non-hydrogen) atoms. The summed E-state index contributed by atoms with van der Waals surface area (Å²) in [4.78, 5) is 13.3. The molecule has 0 aliphatic heterocycles. The van der Waals surface area contributed by atoms with Gasteiger partial charge in [-0.05, 0) is 97.5 Å². The number of hydrogen-bond acceptors (Lipinski definition) is 5. The van der Waals surface area contributed by atoms with Crippen molar-refractivity contribution in [3.05, 3.63) is 118 Å². The molecule has 0 unspecified atom stereocenters. The van der Waals surface area contributed by atoms with Crippen molar-refractivity contribution in [3.63, 3.8) is 0 Å². The fraction of sp³-hybridized carbons (Fsp3) is 0.171. The summed E-state index contributed by atoms with van der Waals surface area (Å²) in [7, 11) is 0. The van der Waals surface area contributed by atoms with Crippen molar-refractivity contribution in [1.82, 2.24) is 0 Å². The molecule has 198 valence electrons. The normalized spacial score (nSPS) is 13.1. The zero-order chi connectivity index (χ0) is 28.1. The monoisotopic (exact) mass is 524 g/mol. The maximum atomic E-state index is 13.3. The smallest absolute Gasteiger partial charge is 0.194 e. The summed E-state index contributed by atoms with van der Waals surface area (Å²) < 4.78 is 0. The Morgan fingerprint density at radius 3 is 1.20 bits per heavy atom. The van der Waals surface area contributed by atoms with E-state index in [9.17, 15) is 4.79 Å². The van der Waals surface area contributed by atoms with Crippen LogP contribution in [-0.4, -0.2) is 17.9 Å². The first-order valence-electron chi connectivity index (χ1n) is 13.6. The van der Waals surface area contributed by atoms with Crippen molar-refractivity contribution in [2.75, 3.05) is 0 Å². The summed E-state index contributed by atoms with van der Waals surface area (Å²) in [6, 6.07) is 28.4. The molecule has 0 amide bonds. The molecule has 0 aromatic heterocycles. The molecular weight excluding hydrogens is 492 g/mol. The molecule has 5 heteroatoms. The molecule has 5 rings (SSSR count). The second kappa shape index (κ2) is 12.0. The average Bonchev–Trinajstić information content (AvgIpc) is 3.24. The van der Waals surface area contributed by atoms with E-state index in [4.69, 9.17) is 0 Å². The fourth-order valence-corrected chi connectivity index (χ4v) is 4.37. The van der Waals surface area contributed by atoms with Crippen LogP contribution in [0.25, 0.3) is 35.4 Å². The van der Waals surface area contributed by atoms with E-state index < -0.39 is 0 Å². The van der Waals surface area contributed by atoms with E-state index in [2.05, 4.69) is 32.6 Å². The number of benzene rings is 4. The predicted octanol–water partition coefficient (Wildman–Crippen LogP) is 10.2. The van der Waals surface area contributed by atoms with Gasteiger partial charge in [0.25, 0.3) is 0 Å². The quantitative estimate of drug-likeness (QED) is 0.147. The standard InChI is InChI=1S/C35H32N4O/c1-23(2)36-38-29-15-9-25(10-16-29)5-7-27-13-19-31-32-20-14-28(22-34(32)35(40)33(31)21-27)8-6-26-11-17-30(18-12-26)39-37-24(3)4/h5-24H,1-4H3/b7-5+,8-6+,38-36?,39-37?. The highest BCUT2D eigenvalue weighted by Gasteiger charge is 2.26. The third-order valence-electron chi connectivity index (χ3n) is 6.40. The van der Waals surface area contributed by atoms with Gasteiger partial charge in [0, 0.05) is 11.1 Å². The Kier molecular flexibility index (Phi) is 8.02. The Balaban J connectivity index is 1.29. The number of carbonyl (C=O) groups excluding carboxylic acids is 1. The van der Waals surface area contributed by atoms with Gasteiger partial charge in [-0.15, -0.1) is 0 Å². The van der Waals surface area contributed by atoms with Crippen LogP contribution in [0, 0.1) is 0 Å². The molecule has 4 aromatic carbocycles. The molecule has 0 heterocycles. The SMILES string of the molecule is CC(C)N=Nc1ccc(/C=C/c2ccc3c(c2)C(=O)c2cc(/C=C/c4ccc(N=NC(C)C)cc4)ccc2-3)cc1. The average molecular weight is 525 g/mol. The predicted molar refractivity (Wildman–Crippen MR) is 165 cm³/mol. The van der Waals surface area contributed by atoms with Crippen LogP contribution in [0.4, 0.5) is 11.4 Å². The summed E-state index contributed by atoms with van der Waals surface area (Å²) in [6.07, 6.45) is 8.15. The Bertz CT molecular complexity index is 1520. The third-order valence-corrected chi connectivity index (χ3v) is 6.40. The summed E-state index contributed by atoms with van der Waals surface area (Å²) >= 11 is 0. The zero-order valence-corrected chi connectivity index (χ0v) is 23.2. The number of nitrogens with zero attached hydrogens (tertiary/aromatic N) is 4. The van der Waals surface area contributed by atoms with E-state index in [1.54, 1.807) is 0 Å². The number of fused-ring (bicyclic) bond motifs is 3. The second-order valence-corrected chi connectivity index (χ2v) is 10.4. The zero-order valence-electron chi connectivity index (χ0n) is 23.2. The molecular formula is C35H32N4O. The van der Waals surface area contributed by atoms with Gasteiger partial charge in [0.15, 0.2) is 5.78 Å². The van der Waals surface area contributed by atoms with Gasteiger partial charge in [0.2, 0.25) is 0 Å². The summed E-state index contributed by atoms with van der Waals surface area (Å²) in [5.41, 5.74) is 9.22. The molecule has 0 radical (unpaired) electrons. The molecule has 0 fully saturated rings. The number of ketones is 1. The van der Waals surface area contributed by atoms with E-state index in [1.807, 2.05) is 125 Å². The lowest BCUT2D eigenvalue weighted by atomic mass is 10.0. The second-order valence-electron chi connectivity index (χ2n) is 10.4. The van der Waals surface area contributed by atoms with Crippen molar-refractivity contribution in [3.8, 4) is 11.1 Å². The molecule has 0 saturated heterocycles. The molecule has 1 aliphatic carbocycles. The van der Waals surface area contributed by atoms with Crippen molar-refractivity contribution in [2.45, 2.75) is 39.8 Å². The van der Waals surface area contributed by atoms with Gasteiger partial charge in [-0.1, -0.05) is 72.8 Å². The van der Waals surface area contributed by atoms with Crippen LogP contribution in [0.2, 0.25) is 0 Å². The molecule has 5 nitrogen and oxygen atoms in total. The fourth-order valence-electron chi connectivity index (χ4n) is 4.37. The van der Waals surface area contributed by atoms with Gasteiger partial charge in [0.1, 0.15) is 0 Å². The number of azo groups is 2. The van der Waals surface area contributed by atoms with Crippen LogP contribution in [0.5, 0.6) is 0 Å². The van der Waals surface area contributed by atoms with Gasteiger partial charge in [-0.2, -0.15) is 20.5 Å². The number of rotatable bonds is 8. The van der Waals surface area contributed by atoms with E-state index in [0.717, 1.165) is 55.9 Å². The Hall–Kier alpha value is -4.77. The largest absolute Gasteiger partial charge is 0.289 e. The van der Waals surface area contributed by atoms with Crippen molar-refractivity contribution in [1.29, 1.82) is 0 Å². The molecule has 1 aliphatic rings. The molecule has 0 saturated carbocycles. The summed E-state index contributed by atoms with van der Waals surface area (Å²) in [5.74, 6) is 0.0650. The maximum Gasteiger partial charge on any atom is 0.194 e. The van der Waals surface area contributed by atoms with Gasteiger partial charge < -0.3 is 0 Å². The summed E-state index contributed by atoms with van der Waals surface area (Å²) in [6.45, 7) is 8.00. The van der Waals surface area contributed by atoms with E-state index in [-0.39, 0.29) is 17.9 Å². The topological polar surface area (TPSA) is 66.5 Å². The molecule has 0 atom stereocenters. The van der Waals surface area contributed by atoms with Crippen LogP contribution in [0.15, 0.2) is 105 Å². The first-order valence-corrected chi connectivity index (χ1v) is 13.6. The van der Waals surface area contributed by atoms with Crippen molar-refractivity contribution >= 4 is 41.5 Å². The van der Waals surface area contributed by atoms with Crippen LogP contribution in [-0.2, 0) is 0 Å². The molecule has 0 spiro atoms. The van der Waals surface area contributed by atoms with Crippen molar-refractivity contribution in [2.24, 2.45) is 20.5 Å². The van der Waals surface area contributed by atoms with Gasteiger partial charge in [-0.25, -0.2) is 0 Å². The number of carbonyl (C=O) groups is 1. The molecule has 0 N–H and O–H groups in total. The minimum absolute atomic E-state index is 0.0650. The Labute approximate surface area is 235 Å². The van der Waals surface area contributed by atoms with Crippen LogP contribution < -0.4 is 0 Å². The highest BCUT2D eigenvalue weighted by atomic mass is 16.1. The minimum Gasteiger partial charge on any atom is -0.289 e. The van der Waals surface area contributed by atoms with Crippen LogP contribution in [0.1, 0.15) is 65.9 Å². The lowest BCUT2D eigenvalue weighted by Crippen LogP contribution is -1.95. The van der Waals surface area contributed by atoms with Gasteiger partial charge in [0.05, 0.1) is 23.5 Å². The number of hydrogen-bond donors (Lipinski definition) is 0. The first-order chi connectivity index (χ1) is 19.4. The lowest BCUT2D eigenvalue weighted by molar-refractivity contribution is 0.104. The Morgan fingerprint density at radius 1 is 0.475 bits per heavy atom. The highest BCUT2D eigenvalue weighted by molar-refractivity contribution is 6.22.